The monoisotopic (exact) mass is 613 g/mol. The van der Waals surface area contributed by atoms with E-state index in [1.165, 1.54) is 28.4 Å². The summed E-state index contributed by atoms with van der Waals surface area (Å²) < 4.78 is 48.8. The number of likely N-dealkylation sites (tertiary alicyclic amines) is 1. The minimum absolute atomic E-state index is 0.00730. The number of ketones is 1. The van der Waals surface area contributed by atoms with Crippen LogP contribution in [0.3, 0.4) is 0 Å². The van der Waals surface area contributed by atoms with E-state index < -0.39 is 41.7 Å². The fraction of sp³-hybridized carbons (Fsp3) is 0.607. The third kappa shape index (κ3) is 6.56. The van der Waals surface area contributed by atoms with E-state index in [-0.39, 0.29) is 36.8 Å². The maximum atomic E-state index is 14.4. The van der Waals surface area contributed by atoms with Crippen molar-refractivity contribution in [3.63, 3.8) is 0 Å². The molecule has 0 saturated carbocycles. The zero-order valence-electron chi connectivity index (χ0n) is 23.2. The second-order valence-corrected chi connectivity index (χ2v) is 12.8. The van der Waals surface area contributed by atoms with E-state index in [9.17, 15) is 22.8 Å². The largest absolute Gasteiger partial charge is 0.407 e. The summed E-state index contributed by atoms with van der Waals surface area (Å²) in [4.78, 5) is 36.6. The van der Waals surface area contributed by atoms with Gasteiger partial charge in [-0.2, -0.15) is 13.2 Å². The summed E-state index contributed by atoms with van der Waals surface area (Å²) in [6.07, 6.45) is -5.14. The summed E-state index contributed by atoms with van der Waals surface area (Å²) in [6, 6.07) is 2.02. The number of likely N-dealkylation sites (N-methyl/N-ethyl adjacent to an activating group) is 1. The second-order valence-electron chi connectivity index (χ2n) is 11.4. The Morgan fingerprint density at radius 3 is 2.51 bits per heavy atom. The number of benzene rings is 1. The Hall–Kier alpha value is -2.25. The molecule has 0 radical (unpaired) electrons. The maximum Gasteiger partial charge on any atom is 0.407 e. The Morgan fingerprint density at radius 1 is 1.20 bits per heavy atom. The molecule has 1 aromatic carbocycles. The number of aromatic nitrogens is 1. The van der Waals surface area contributed by atoms with Crippen molar-refractivity contribution in [2.75, 3.05) is 51.3 Å². The summed E-state index contributed by atoms with van der Waals surface area (Å²) in [5.74, 6) is -0.927. The molecule has 5 rings (SSSR count). The van der Waals surface area contributed by atoms with E-state index in [2.05, 4.69) is 22.2 Å². The molecule has 13 heteroatoms. The molecule has 41 heavy (non-hydrogen) atoms. The number of amides is 1. The first-order chi connectivity index (χ1) is 19.4. The fourth-order valence-corrected chi connectivity index (χ4v) is 6.95. The van der Waals surface area contributed by atoms with Crippen LogP contribution in [0.25, 0.3) is 11.3 Å². The van der Waals surface area contributed by atoms with Crippen LogP contribution in [0.15, 0.2) is 29.6 Å². The molecule has 1 amide bonds. The topological polar surface area (TPSA) is 78.0 Å². The van der Waals surface area contributed by atoms with Crippen LogP contribution in [-0.4, -0.2) is 103 Å². The van der Waals surface area contributed by atoms with E-state index in [0.29, 0.717) is 5.69 Å². The number of nitrogens with zero attached hydrogens (tertiary/aromatic N) is 4. The third-order valence-electron chi connectivity index (χ3n) is 7.91. The summed E-state index contributed by atoms with van der Waals surface area (Å²) in [5, 5.41) is 4.83. The molecule has 3 aliphatic heterocycles. The van der Waals surface area contributed by atoms with Gasteiger partial charge in [0, 0.05) is 43.7 Å². The van der Waals surface area contributed by atoms with Gasteiger partial charge in [-0.15, -0.1) is 22.9 Å². The minimum atomic E-state index is -4.67. The Bertz CT molecular complexity index is 1240. The Kier molecular flexibility index (Phi) is 8.96. The number of nitrogens with one attached hydrogen (secondary N) is 1. The molecular weight excluding hydrogens is 579 g/mol. The first-order valence-electron chi connectivity index (χ1n) is 13.8. The average Bonchev–Trinajstić information content (AvgIpc) is 3.64. The number of anilines is 1. The van der Waals surface area contributed by atoms with E-state index in [4.69, 9.17) is 21.3 Å². The summed E-state index contributed by atoms with van der Waals surface area (Å²) >= 11 is 7.86. The van der Waals surface area contributed by atoms with Gasteiger partial charge in [0.15, 0.2) is 10.9 Å². The molecule has 2 aromatic rings. The molecule has 3 fully saturated rings. The normalized spacial score (nSPS) is 25.2. The van der Waals surface area contributed by atoms with Gasteiger partial charge in [0.2, 0.25) is 5.91 Å². The number of piperazine rings is 1. The lowest BCUT2D eigenvalue weighted by Crippen LogP contribution is -2.53. The molecule has 1 unspecified atom stereocenters. The SMILES string of the molecule is CC(C)C[C@H](NC(c1ccc(-c2csc(N3CCN(C)CC3)n2)cc1)C(F)(F)F)C(=O)N1C[C@@H](Cl)[C@H]2OCC(=O)[C@H]21. The van der Waals surface area contributed by atoms with Crippen molar-refractivity contribution in [2.24, 2.45) is 5.92 Å². The predicted molar refractivity (Wildman–Crippen MR) is 152 cm³/mol. The summed E-state index contributed by atoms with van der Waals surface area (Å²) in [7, 11) is 2.08. The molecular formula is C28H35ClF3N5O3S. The number of rotatable bonds is 8. The standard InChI is InChI=1S/C28H35ClF3N5O3S/c1-16(2)12-20(26(39)37-13-19(29)24-23(37)22(38)14-40-24)33-25(28(30,31)32)18-6-4-17(5-7-18)21-15-41-27(34-21)36-10-8-35(3)9-11-36/h4-7,15-16,19-20,23-25,33H,8-14H2,1-3H3/t19-,20+,23-,24-,25?/m1/s1. The number of carbonyl (C=O) groups excluding carboxylic acids is 2. The van der Waals surface area contributed by atoms with Crippen LogP contribution in [0.4, 0.5) is 18.3 Å². The van der Waals surface area contributed by atoms with E-state index >= 15 is 0 Å². The van der Waals surface area contributed by atoms with Crippen molar-refractivity contribution >= 4 is 39.8 Å². The van der Waals surface area contributed by atoms with Gasteiger partial charge in [0.25, 0.3) is 0 Å². The third-order valence-corrected chi connectivity index (χ3v) is 9.20. The number of thiazole rings is 1. The van der Waals surface area contributed by atoms with Crippen LogP contribution in [0.2, 0.25) is 0 Å². The highest BCUT2D eigenvalue weighted by Gasteiger charge is 2.53. The van der Waals surface area contributed by atoms with Crippen LogP contribution in [0.1, 0.15) is 31.9 Å². The van der Waals surface area contributed by atoms with E-state index in [0.717, 1.165) is 36.9 Å². The lowest BCUT2D eigenvalue weighted by atomic mass is 9.98. The molecule has 8 nitrogen and oxygen atoms in total. The quantitative estimate of drug-likeness (QED) is 0.452. The van der Waals surface area contributed by atoms with Gasteiger partial charge >= 0.3 is 6.18 Å². The fourth-order valence-electron chi connectivity index (χ4n) is 5.70. The van der Waals surface area contributed by atoms with E-state index in [1.807, 2.05) is 19.2 Å². The summed E-state index contributed by atoms with van der Waals surface area (Å²) in [6.45, 7) is 7.23. The molecule has 0 bridgehead atoms. The van der Waals surface area contributed by atoms with Crippen LogP contribution in [0, 0.1) is 5.92 Å². The summed E-state index contributed by atoms with van der Waals surface area (Å²) in [5.41, 5.74) is 1.42. The number of hydrogen-bond acceptors (Lipinski definition) is 8. The lowest BCUT2D eigenvalue weighted by Gasteiger charge is -2.32. The highest BCUT2D eigenvalue weighted by molar-refractivity contribution is 7.14. The zero-order valence-corrected chi connectivity index (χ0v) is 24.8. The van der Waals surface area contributed by atoms with Gasteiger partial charge in [-0.3, -0.25) is 14.9 Å². The second kappa shape index (κ2) is 12.2. The smallest absolute Gasteiger partial charge is 0.366 e. The van der Waals surface area contributed by atoms with Crippen molar-refractivity contribution in [1.29, 1.82) is 0 Å². The van der Waals surface area contributed by atoms with Crippen LogP contribution >= 0.6 is 22.9 Å². The van der Waals surface area contributed by atoms with Crippen molar-refractivity contribution in [3.05, 3.63) is 35.2 Å². The molecule has 5 atom stereocenters. The average molecular weight is 614 g/mol. The van der Waals surface area contributed by atoms with Crippen molar-refractivity contribution in [1.82, 2.24) is 20.1 Å². The number of hydrogen-bond donors (Lipinski definition) is 1. The van der Waals surface area contributed by atoms with E-state index in [1.54, 1.807) is 12.1 Å². The van der Waals surface area contributed by atoms with Crippen molar-refractivity contribution in [3.8, 4) is 11.3 Å². The minimum Gasteiger partial charge on any atom is -0.366 e. The molecule has 1 aromatic heterocycles. The Balaban J connectivity index is 1.34. The first-order valence-corrected chi connectivity index (χ1v) is 15.1. The number of alkyl halides is 4. The number of Topliss-reactive ketones (excluding diaryl/α,β-unsaturated/α-hetero) is 1. The van der Waals surface area contributed by atoms with Crippen LogP contribution < -0.4 is 10.2 Å². The molecule has 0 spiro atoms. The predicted octanol–water partition coefficient (Wildman–Crippen LogP) is 3.96. The van der Waals surface area contributed by atoms with Crippen molar-refractivity contribution in [2.45, 2.75) is 56.1 Å². The zero-order chi connectivity index (χ0) is 29.5. The van der Waals surface area contributed by atoms with Gasteiger partial charge in [0.1, 0.15) is 24.8 Å². The molecule has 0 aliphatic carbocycles. The Labute approximate surface area is 246 Å². The van der Waals surface area contributed by atoms with Crippen molar-refractivity contribution < 1.29 is 27.5 Å². The first kappa shape index (κ1) is 30.2. The molecule has 3 saturated heterocycles. The number of halogens is 4. The molecule has 1 N–H and O–H groups in total. The van der Waals surface area contributed by atoms with Gasteiger partial charge < -0.3 is 19.4 Å². The highest BCUT2D eigenvalue weighted by Crippen LogP contribution is 2.37. The highest BCUT2D eigenvalue weighted by atomic mass is 35.5. The van der Waals surface area contributed by atoms with Crippen LogP contribution in [0.5, 0.6) is 0 Å². The lowest BCUT2D eigenvalue weighted by molar-refractivity contribution is -0.163. The molecule has 3 aliphatic rings. The number of ether oxygens (including phenoxy) is 1. The van der Waals surface area contributed by atoms with Gasteiger partial charge in [-0.25, -0.2) is 4.98 Å². The van der Waals surface area contributed by atoms with Gasteiger partial charge in [0.05, 0.1) is 17.1 Å². The maximum absolute atomic E-state index is 14.4. The Morgan fingerprint density at radius 2 is 1.88 bits per heavy atom. The van der Waals surface area contributed by atoms with Gasteiger partial charge in [-0.05, 0) is 24.9 Å². The molecule has 224 valence electrons. The number of carbonyl (C=O) groups is 2. The number of fused-ring (bicyclic) bond motifs is 1. The molecule has 4 heterocycles. The van der Waals surface area contributed by atoms with Gasteiger partial charge in [-0.1, -0.05) is 38.1 Å². The van der Waals surface area contributed by atoms with Crippen LogP contribution in [-0.2, 0) is 14.3 Å².